The lowest BCUT2D eigenvalue weighted by Crippen LogP contribution is -2.51. The maximum atomic E-state index is 15.5. The first-order chi connectivity index (χ1) is 19.0. The Labute approximate surface area is 231 Å². The molecule has 4 rings (SSSR count). The lowest BCUT2D eigenvalue weighted by atomic mass is 9.91. The van der Waals surface area contributed by atoms with Crippen LogP contribution in [0.25, 0.3) is 5.70 Å². The predicted molar refractivity (Wildman–Crippen MR) is 147 cm³/mol. The van der Waals surface area contributed by atoms with Crippen molar-refractivity contribution in [2.45, 2.75) is 44.4 Å². The van der Waals surface area contributed by atoms with E-state index in [0.717, 1.165) is 29.6 Å². The third-order valence-electron chi connectivity index (χ3n) is 6.59. The van der Waals surface area contributed by atoms with E-state index in [1.54, 1.807) is 36.4 Å². The summed E-state index contributed by atoms with van der Waals surface area (Å²) >= 11 is 0. The summed E-state index contributed by atoms with van der Waals surface area (Å²) < 4.78 is 41.7. The van der Waals surface area contributed by atoms with E-state index in [9.17, 15) is 19.7 Å². The van der Waals surface area contributed by atoms with E-state index < -0.39 is 17.6 Å². The molecule has 1 fully saturated rings. The first-order valence-corrected chi connectivity index (χ1v) is 12.7. The number of ether oxygens (including phenoxy) is 2. The van der Waals surface area contributed by atoms with Crippen molar-refractivity contribution in [3.63, 3.8) is 0 Å². The van der Waals surface area contributed by atoms with Crippen LogP contribution >= 0.6 is 0 Å². The van der Waals surface area contributed by atoms with Gasteiger partial charge in [0.15, 0.2) is 5.76 Å². The number of aliphatic hydroxyl groups is 3. The van der Waals surface area contributed by atoms with Crippen LogP contribution in [0, 0.1) is 5.82 Å². The molecule has 1 saturated heterocycles. The fraction of sp³-hybridized carbons (Fsp3) is 0.310. The zero-order valence-electron chi connectivity index (χ0n) is 22.3. The number of halogens is 2. The van der Waals surface area contributed by atoms with E-state index in [1.807, 2.05) is 13.0 Å². The van der Waals surface area contributed by atoms with Crippen LogP contribution < -0.4 is 5.01 Å². The standard InChI is InChI=1S/C29H32F2N4O5/c1-5-7-8-22(6-2)35-25(11-14-32-35)27-19(3)26(40-29(37,38)28(4,31)36)18-34(33-27)24-10-9-21(17-23(24)30)20-12-15-39-16-13-20/h5-11,14,17-18,20,36-38H,2-3,12-13,15-16H2,1,4H3/b7-5-,22-8+. The molecule has 3 N–H and O–H groups in total. The van der Waals surface area contributed by atoms with Crippen molar-refractivity contribution < 1.29 is 33.6 Å². The van der Waals surface area contributed by atoms with Crippen LogP contribution in [0.5, 0.6) is 0 Å². The molecule has 0 aliphatic carbocycles. The number of nitrogens with zero attached hydrogens (tertiary/aromatic N) is 4. The molecule has 2 aliphatic rings. The molecule has 0 amide bonds. The Morgan fingerprint density at radius 3 is 2.58 bits per heavy atom. The summed E-state index contributed by atoms with van der Waals surface area (Å²) in [6.07, 6.45) is 11.1. The van der Waals surface area contributed by atoms with Crippen LogP contribution in [-0.4, -0.2) is 55.9 Å². The van der Waals surface area contributed by atoms with E-state index in [2.05, 4.69) is 23.4 Å². The second-order valence-electron chi connectivity index (χ2n) is 9.48. The van der Waals surface area contributed by atoms with Crippen LogP contribution in [0.3, 0.4) is 0 Å². The van der Waals surface area contributed by atoms with Gasteiger partial charge in [0.05, 0.1) is 23.8 Å². The number of rotatable bonds is 9. The van der Waals surface area contributed by atoms with Crippen LogP contribution in [0.15, 0.2) is 90.6 Å². The molecular weight excluding hydrogens is 522 g/mol. The summed E-state index contributed by atoms with van der Waals surface area (Å²) in [4.78, 5) is 0. The highest BCUT2D eigenvalue weighted by molar-refractivity contribution is 6.15. The zero-order chi connectivity index (χ0) is 29.1. The first-order valence-electron chi connectivity index (χ1n) is 12.7. The molecule has 0 saturated carbocycles. The van der Waals surface area contributed by atoms with Crippen molar-refractivity contribution >= 4 is 17.1 Å². The summed E-state index contributed by atoms with van der Waals surface area (Å²) in [6, 6.07) is 6.36. The number of benzene rings is 1. The minimum Gasteiger partial charge on any atom is -0.433 e. The molecule has 0 bridgehead atoms. The monoisotopic (exact) mass is 554 g/mol. The molecule has 40 heavy (non-hydrogen) atoms. The minimum atomic E-state index is -3.67. The number of alkyl halides is 1. The second-order valence-corrected chi connectivity index (χ2v) is 9.48. The number of anilines is 1. The number of hydrazone groups is 1. The Kier molecular flexibility index (Phi) is 8.50. The Morgan fingerprint density at radius 2 is 1.95 bits per heavy atom. The van der Waals surface area contributed by atoms with Gasteiger partial charge >= 0.3 is 5.97 Å². The first kappa shape index (κ1) is 29.1. The van der Waals surface area contributed by atoms with Gasteiger partial charge in [-0.15, -0.1) is 0 Å². The van der Waals surface area contributed by atoms with E-state index >= 15 is 4.39 Å². The lowest BCUT2D eigenvalue weighted by Gasteiger charge is -2.33. The van der Waals surface area contributed by atoms with Crippen LogP contribution in [-0.2, 0) is 9.47 Å². The lowest BCUT2D eigenvalue weighted by molar-refractivity contribution is -0.423. The van der Waals surface area contributed by atoms with Crippen molar-refractivity contribution in [1.82, 2.24) is 9.78 Å². The molecule has 1 aromatic heterocycles. The Hall–Kier alpha value is -3.90. The molecule has 9 nitrogen and oxygen atoms in total. The number of hydrogen-bond acceptors (Lipinski definition) is 8. The predicted octanol–water partition coefficient (Wildman–Crippen LogP) is 4.47. The normalized spacial score (nSPS) is 18.9. The highest BCUT2D eigenvalue weighted by atomic mass is 19.2. The number of aromatic nitrogens is 2. The molecule has 3 heterocycles. The van der Waals surface area contributed by atoms with Crippen LogP contribution in [0.1, 0.15) is 43.9 Å². The van der Waals surface area contributed by atoms with Crippen molar-refractivity contribution in [3.05, 3.63) is 103 Å². The van der Waals surface area contributed by atoms with Gasteiger partial charge in [0.1, 0.15) is 17.2 Å². The molecule has 1 aromatic carbocycles. The topological polar surface area (TPSA) is 113 Å². The molecule has 1 unspecified atom stereocenters. The molecule has 11 heteroatoms. The maximum absolute atomic E-state index is 15.5. The van der Waals surface area contributed by atoms with Gasteiger partial charge in [-0.3, -0.25) is 0 Å². The third-order valence-corrected chi connectivity index (χ3v) is 6.59. The molecule has 0 radical (unpaired) electrons. The fourth-order valence-electron chi connectivity index (χ4n) is 4.27. The largest absolute Gasteiger partial charge is 0.433 e. The van der Waals surface area contributed by atoms with Crippen LogP contribution in [0.4, 0.5) is 14.5 Å². The summed E-state index contributed by atoms with van der Waals surface area (Å²) in [7, 11) is 0. The molecule has 2 aromatic rings. The number of hydrogen-bond donors (Lipinski definition) is 3. The molecule has 212 valence electrons. The van der Waals surface area contributed by atoms with Crippen molar-refractivity contribution in [3.8, 4) is 0 Å². The SMILES string of the molecule is C=C/C(=C\C=C/C)n1nccc1C1=NN(c2ccc(C3CCOCC3)cc2F)C=C(OC(O)(O)C(C)(O)F)C1=C. The van der Waals surface area contributed by atoms with E-state index in [0.29, 0.717) is 31.5 Å². The summed E-state index contributed by atoms with van der Waals surface area (Å²) in [5.74, 6) is -8.07. The van der Waals surface area contributed by atoms with Gasteiger partial charge in [-0.2, -0.15) is 10.2 Å². The summed E-state index contributed by atoms with van der Waals surface area (Å²) in [6.45, 7) is 11.3. The van der Waals surface area contributed by atoms with Gasteiger partial charge in [-0.1, -0.05) is 31.4 Å². The van der Waals surface area contributed by atoms with Gasteiger partial charge in [0.25, 0.3) is 5.85 Å². The highest BCUT2D eigenvalue weighted by Gasteiger charge is 2.50. The van der Waals surface area contributed by atoms with Gasteiger partial charge in [0.2, 0.25) is 0 Å². The fourth-order valence-corrected chi connectivity index (χ4v) is 4.27. The summed E-state index contributed by atoms with van der Waals surface area (Å²) in [5.41, 5.74) is 1.85. The average molecular weight is 555 g/mol. The molecule has 2 aliphatic heterocycles. The van der Waals surface area contributed by atoms with E-state index in [4.69, 9.17) is 9.47 Å². The Bertz CT molecular complexity index is 1400. The van der Waals surface area contributed by atoms with Gasteiger partial charge in [-0.25, -0.2) is 18.5 Å². The minimum absolute atomic E-state index is 0.00913. The van der Waals surface area contributed by atoms with Crippen molar-refractivity contribution in [2.75, 3.05) is 18.2 Å². The Balaban J connectivity index is 1.81. The van der Waals surface area contributed by atoms with Crippen molar-refractivity contribution in [1.29, 1.82) is 0 Å². The maximum Gasteiger partial charge on any atom is 0.384 e. The summed E-state index contributed by atoms with van der Waals surface area (Å²) in [5, 5.41) is 39.9. The van der Waals surface area contributed by atoms with Crippen LogP contribution in [0.2, 0.25) is 0 Å². The zero-order valence-corrected chi connectivity index (χ0v) is 22.3. The second kappa shape index (κ2) is 11.7. The molecule has 1 atom stereocenters. The number of allylic oxidation sites excluding steroid dienone is 6. The van der Waals surface area contributed by atoms with Crippen molar-refractivity contribution in [2.24, 2.45) is 5.10 Å². The van der Waals surface area contributed by atoms with E-state index in [1.165, 1.54) is 16.9 Å². The Morgan fingerprint density at radius 1 is 1.23 bits per heavy atom. The third kappa shape index (κ3) is 5.97. The van der Waals surface area contributed by atoms with Gasteiger partial charge < -0.3 is 24.8 Å². The van der Waals surface area contributed by atoms with Gasteiger partial charge in [0, 0.05) is 25.7 Å². The average Bonchev–Trinajstić information content (AvgIpc) is 3.39. The highest BCUT2D eigenvalue weighted by Crippen LogP contribution is 2.35. The smallest absolute Gasteiger partial charge is 0.384 e. The molecule has 0 spiro atoms. The quantitative estimate of drug-likeness (QED) is 0.310. The van der Waals surface area contributed by atoms with Gasteiger partial charge in [-0.05, 0) is 61.6 Å². The molecular formula is C29H32F2N4O5. The van der Waals surface area contributed by atoms with E-state index in [-0.39, 0.29) is 28.6 Å².